The molecule has 4 heteroatoms. The number of benzene rings is 1. The molecule has 1 aromatic heterocycles. The summed E-state index contributed by atoms with van der Waals surface area (Å²) >= 11 is 1.68. The molecule has 0 fully saturated rings. The van der Waals surface area contributed by atoms with Crippen LogP contribution in [0.1, 0.15) is 15.3 Å². The molecule has 1 nitrogen and oxygen atoms in total. The zero-order valence-corrected chi connectivity index (χ0v) is 10.3. The van der Waals surface area contributed by atoms with Gasteiger partial charge < -0.3 is 5.32 Å². The second-order valence-corrected chi connectivity index (χ2v) is 5.19. The van der Waals surface area contributed by atoms with Gasteiger partial charge in [-0.15, -0.1) is 11.3 Å². The Hall–Kier alpha value is -1.26. The Morgan fingerprint density at radius 3 is 2.35 bits per heavy atom. The first-order valence-corrected chi connectivity index (χ1v) is 6.17. The Bertz CT molecular complexity index is 488. The van der Waals surface area contributed by atoms with Crippen LogP contribution in [0.5, 0.6) is 0 Å². The van der Waals surface area contributed by atoms with Crippen LogP contribution in [0.4, 0.5) is 8.78 Å². The SMILES string of the molecule is Cc1ccc(CNCc2c(F)cccc2F)s1. The maximum absolute atomic E-state index is 13.3. The van der Waals surface area contributed by atoms with Crippen molar-refractivity contribution in [3.8, 4) is 0 Å². The molecule has 2 rings (SSSR count). The van der Waals surface area contributed by atoms with Gasteiger partial charge in [0.2, 0.25) is 0 Å². The summed E-state index contributed by atoms with van der Waals surface area (Å²) in [6, 6.07) is 7.97. The molecule has 0 saturated heterocycles. The van der Waals surface area contributed by atoms with Crippen LogP contribution in [0.3, 0.4) is 0 Å². The maximum Gasteiger partial charge on any atom is 0.130 e. The van der Waals surface area contributed by atoms with E-state index in [2.05, 4.69) is 5.32 Å². The van der Waals surface area contributed by atoms with Gasteiger partial charge in [0, 0.05) is 28.4 Å². The third kappa shape index (κ3) is 3.11. The normalized spacial score (nSPS) is 10.8. The molecule has 0 aliphatic rings. The summed E-state index contributed by atoms with van der Waals surface area (Å²) < 4.78 is 26.6. The lowest BCUT2D eigenvalue weighted by molar-refractivity contribution is 0.536. The molecule has 0 unspecified atom stereocenters. The maximum atomic E-state index is 13.3. The zero-order chi connectivity index (χ0) is 12.3. The van der Waals surface area contributed by atoms with Crippen molar-refractivity contribution < 1.29 is 8.78 Å². The molecule has 0 spiro atoms. The summed E-state index contributed by atoms with van der Waals surface area (Å²) in [5.74, 6) is -1.00. The molecule has 1 aromatic carbocycles. The van der Waals surface area contributed by atoms with E-state index in [0.29, 0.717) is 6.54 Å². The van der Waals surface area contributed by atoms with Crippen LogP contribution in [0, 0.1) is 18.6 Å². The number of aryl methyl sites for hydroxylation is 1. The lowest BCUT2D eigenvalue weighted by Gasteiger charge is -2.05. The first kappa shape index (κ1) is 12.2. The van der Waals surface area contributed by atoms with E-state index in [4.69, 9.17) is 0 Å². The zero-order valence-electron chi connectivity index (χ0n) is 9.47. The van der Waals surface area contributed by atoms with Crippen molar-refractivity contribution in [1.29, 1.82) is 0 Å². The first-order chi connectivity index (χ1) is 8.16. The lowest BCUT2D eigenvalue weighted by Crippen LogP contribution is -2.14. The van der Waals surface area contributed by atoms with E-state index in [1.54, 1.807) is 11.3 Å². The summed E-state index contributed by atoms with van der Waals surface area (Å²) in [5.41, 5.74) is 0.0979. The van der Waals surface area contributed by atoms with E-state index >= 15 is 0 Å². The molecule has 90 valence electrons. The number of nitrogens with one attached hydrogen (secondary N) is 1. The third-order valence-electron chi connectivity index (χ3n) is 2.46. The van der Waals surface area contributed by atoms with Crippen LogP contribution in [0.15, 0.2) is 30.3 Å². The molecule has 0 aliphatic carbocycles. The molecule has 1 N–H and O–H groups in total. The fraction of sp³-hybridized carbons (Fsp3) is 0.231. The van der Waals surface area contributed by atoms with Gasteiger partial charge in [0.1, 0.15) is 11.6 Å². The Balaban J connectivity index is 1.94. The third-order valence-corrected chi connectivity index (χ3v) is 3.46. The highest BCUT2D eigenvalue weighted by atomic mass is 32.1. The van der Waals surface area contributed by atoms with Crippen LogP contribution in [0.2, 0.25) is 0 Å². The number of rotatable bonds is 4. The second kappa shape index (κ2) is 5.38. The van der Waals surface area contributed by atoms with Crippen LogP contribution < -0.4 is 5.32 Å². The van der Waals surface area contributed by atoms with E-state index < -0.39 is 11.6 Å². The highest BCUT2D eigenvalue weighted by molar-refractivity contribution is 7.11. The smallest absolute Gasteiger partial charge is 0.130 e. The first-order valence-electron chi connectivity index (χ1n) is 5.36. The quantitative estimate of drug-likeness (QED) is 0.877. The Morgan fingerprint density at radius 1 is 1.06 bits per heavy atom. The minimum Gasteiger partial charge on any atom is -0.308 e. The van der Waals surface area contributed by atoms with Gasteiger partial charge in [0.15, 0.2) is 0 Å². The molecule has 2 aromatic rings. The molecule has 0 saturated carbocycles. The average molecular weight is 253 g/mol. The number of thiophene rings is 1. The van der Waals surface area contributed by atoms with Crippen molar-refractivity contribution >= 4 is 11.3 Å². The number of hydrogen-bond donors (Lipinski definition) is 1. The van der Waals surface area contributed by atoms with E-state index in [1.807, 2.05) is 19.1 Å². The van der Waals surface area contributed by atoms with Gasteiger partial charge in [-0.3, -0.25) is 0 Å². The van der Waals surface area contributed by atoms with Crippen molar-refractivity contribution in [2.24, 2.45) is 0 Å². The highest BCUT2D eigenvalue weighted by Crippen LogP contribution is 2.15. The van der Waals surface area contributed by atoms with E-state index in [1.165, 1.54) is 28.0 Å². The van der Waals surface area contributed by atoms with Crippen LogP contribution in [-0.4, -0.2) is 0 Å². The standard InChI is InChI=1S/C13H13F2NS/c1-9-5-6-10(17-9)7-16-8-11-12(14)3-2-4-13(11)15/h2-6,16H,7-8H2,1H3. The van der Waals surface area contributed by atoms with Crippen molar-refractivity contribution in [1.82, 2.24) is 5.32 Å². The average Bonchev–Trinajstić information content (AvgIpc) is 2.69. The van der Waals surface area contributed by atoms with E-state index in [9.17, 15) is 8.78 Å². The van der Waals surface area contributed by atoms with Gasteiger partial charge in [-0.2, -0.15) is 0 Å². The predicted molar refractivity (Wildman–Crippen MR) is 66.0 cm³/mol. The van der Waals surface area contributed by atoms with Gasteiger partial charge in [0.25, 0.3) is 0 Å². The molecule has 17 heavy (non-hydrogen) atoms. The fourth-order valence-electron chi connectivity index (χ4n) is 1.59. The number of hydrogen-bond acceptors (Lipinski definition) is 2. The van der Waals surface area contributed by atoms with Gasteiger partial charge in [0.05, 0.1) is 0 Å². The minimum absolute atomic E-state index is 0.0979. The van der Waals surface area contributed by atoms with Gasteiger partial charge in [-0.1, -0.05) is 6.07 Å². The topological polar surface area (TPSA) is 12.0 Å². The summed E-state index contributed by atoms with van der Waals surface area (Å²) in [6.07, 6.45) is 0. The Kier molecular flexibility index (Phi) is 3.86. The predicted octanol–water partition coefficient (Wildman–Crippen LogP) is 3.62. The van der Waals surface area contributed by atoms with Crippen LogP contribution in [0.25, 0.3) is 0 Å². The van der Waals surface area contributed by atoms with Crippen LogP contribution >= 0.6 is 11.3 Å². The summed E-state index contributed by atoms with van der Waals surface area (Å²) in [6.45, 7) is 2.87. The molecule has 0 bridgehead atoms. The van der Waals surface area contributed by atoms with E-state index in [-0.39, 0.29) is 12.1 Å². The van der Waals surface area contributed by atoms with Gasteiger partial charge >= 0.3 is 0 Å². The molecular weight excluding hydrogens is 240 g/mol. The summed E-state index contributed by atoms with van der Waals surface area (Å²) in [5, 5.41) is 3.04. The fourth-order valence-corrected chi connectivity index (χ4v) is 2.45. The largest absolute Gasteiger partial charge is 0.308 e. The van der Waals surface area contributed by atoms with Crippen molar-refractivity contribution in [3.05, 3.63) is 57.3 Å². The molecule has 1 heterocycles. The molecule has 0 amide bonds. The van der Waals surface area contributed by atoms with Crippen molar-refractivity contribution in [2.45, 2.75) is 20.0 Å². The highest BCUT2D eigenvalue weighted by Gasteiger charge is 2.07. The summed E-state index contributed by atoms with van der Waals surface area (Å²) in [4.78, 5) is 2.40. The molecule has 0 atom stereocenters. The molecular formula is C13H13F2NS. The second-order valence-electron chi connectivity index (χ2n) is 3.82. The molecule has 0 aliphatic heterocycles. The van der Waals surface area contributed by atoms with Crippen molar-refractivity contribution in [2.75, 3.05) is 0 Å². The van der Waals surface area contributed by atoms with E-state index in [0.717, 1.165) is 0 Å². The van der Waals surface area contributed by atoms with Crippen LogP contribution in [-0.2, 0) is 13.1 Å². The summed E-state index contributed by atoms with van der Waals surface area (Å²) in [7, 11) is 0. The number of halogens is 2. The Labute approximate surface area is 103 Å². The van der Waals surface area contributed by atoms with Gasteiger partial charge in [-0.25, -0.2) is 8.78 Å². The molecule has 0 radical (unpaired) electrons. The minimum atomic E-state index is -0.500. The van der Waals surface area contributed by atoms with Crippen molar-refractivity contribution in [3.63, 3.8) is 0 Å². The van der Waals surface area contributed by atoms with Gasteiger partial charge in [-0.05, 0) is 31.2 Å². The lowest BCUT2D eigenvalue weighted by atomic mass is 10.2. The monoisotopic (exact) mass is 253 g/mol. The Morgan fingerprint density at radius 2 is 1.76 bits per heavy atom.